The Morgan fingerprint density at radius 2 is 1.70 bits per heavy atom. The number of aliphatic carboxylic acids is 2. The van der Waals surface area contributed by atoms with Gasteiger partial charge in [0.25, 0.3) is 0 Å². The van der Waals surface area contributed by atoms with Crippen molar-refractivity contribution in [3.63, 3.8) is 0 Å². The highest BCUT2D eigenvalue weighted by Gasteiger charge is 2.16. The zero-order valence-electron chi connectivity index (χ0n) is 11.5. The lowest BCUT2D eigenvalue weighted by atomic mass is 10.1. The van der Waals surface area contributed by atoms with Crippen molar-refractivity contribution in [3.05, 3.63) is 58.3 Å². The third-order valence-corrected chi connectivity index (χ3v) is 3.21. The first kappa shape index (κ1) is 16.8. The number of carboxylic acids is 2. The molecule has 1 heterocycles. The monoisotopic (exact) mass is 352 g/mol. The molecule has 2 rings (SSSR count). The number of carbonyl (C=O) groups is 2. The van der Waals surface area contributed by atoms with Gasteiger partial charge in [-0.25, -0.2) is 9.59 Å². The van der Waals surface area contributed by atoms with Crippen LogP contribution < -0.4 is 5.32 Å². The molecule has 0 bridgehead atoms. The van der Waals surface area contributed by atoms with Crippen LogP contribution in [0.2, 0.25) is 10.0 Å². The van der Waals surface area contributed by atoms with Gasteiger partial charge in [-0.1, -0.05) is 23.2 Å². The average molecular weight is 353 g/mol. The molecule has 118 valence electrons. The van der Waals surface area contributed by atoms with Crippen molar-refractivity contribution in [3.8, 4) is 11.3 Å². The molecule has 1 aromatic carbocycles. The Bertz CT molecular complexity index is 770. The first-order valence-electron chi connectivity index (χ1n) is 6.23. The van der Waals surface area contributed by atoms with Crippen LogP contribution >= 0.6 is 23.2 Å². The molecular weight excluding hydrogens is 343 g/mol. The maximum atomic E-state index is 10.9. The summed E-state index contributed by atoms with van der Waals surface area (Å²) in [4.78, 5) is 25.9. The molecule has 0 aliphatic carbocycles. The van der Waals surface area contributed by atoms with E-state index < -0.39 is 17.5 Å². The molecule has 23 heavy (non-hydrogen) atoms. The summed E-state index contributed by atoms with van der Waals surface area (Å²) in [6, 6.07) is 8.08. The Hall–Kier alpha value is -2.57. The van der Waals surface area contributed by atoms with Crippen LogP contribution in [0, 0.1) is 0 Å². The molecule has 0 saturated heterocycles. The molecule has 0 radical (unpaired) electrons. The van der Waals surface area contributed by atoms with Crippen LogP contribution in [0.1, 0.15) is 0 Å². The zero-order chi connectivity index (χ0) is 17.0. The third-order valence-electron chi connectivity index (χ3n) is 2.78. The summed E-state index contributed by atoms with van der Waals surface area (Å²) in [7, 11) is 0. The van der Waals surface area contributed by atoms with Crippen molar-refractivity contribution < 1.29 is 19.8 Å². The molecular formula is C15H10Cl2N2O4. The normalized spacial score (nSPS) is 10.0. The minimum absolute atomic E-state index is 0.408. The summed E-state index contributed by atoms with van der Waals surface area (Å²) >= 11 is 11.9. The van der Waals surface area contributed by atoms with E-state index in [1.54, 1.807) is 30.3 Å². The number of nitrogens with zero attached hydrogens (tertiary/aromatic N) is 1. The predicted molar refractivity (Wildman–Crippen MR) is 86.7 cm³/mol. The third kappa shape index (κ3) is 4.21. The second-order valence-corrected chi connectivity index (χ2v) is 5.24. The molecule has 1 aromatic heterocycles. The van der Waals surface area contributed by atoms with E-state index in [4.69, 9.17) is 33.4 Å². The summed E-state index contributed by atoms with van der Waals surface area (Å²) in [5, 5.41) is 21.2. The van der Waals surface area contributed by atoms with E-state index in [1.165, 1.54) is 6.20 Å². The van der Waals surface area contributed by atoms with Crippen LogP contribution in [-0.4, -0.2) is 27.1 Å². The Kier molecular flexibility index (Phi) is 5.20. The Labute approximate surface area is 141 Å². The zero-order valence-corrected chi connectivity index (χ0v) is 13.0. The van der Waals surface area contributed by atoms with E-state index >= 15 is 0 Å². The van der Waals surface area contributed by atoms with Crippen LogP contribution in [0.5, 0.6) is 0 Å². The summed E-state index contributed by atoms with van der Waals surface area (Å²) < 4.78 is 0. The van der Waals surface area contributed by atoms with Crippen molar-refractivity contribution >= 4 is 40.8 Å². The van der Waals surface area contributed by atoms with Gasteiger partial charge in [0.15, 0.2) is 5.57 Å². The molecule has 8 heteroatoms. The number of hydrogen-bond donors (Lipinski definition) is 3. The van der Waals surface area contributed by atoms with Gasteiger partial charge >= 0.3 is 11.9 Å². The quantitative estimate of drug-likeness (QED) is 0.432. The minimum Gasteiger partial charge on any atom is -0.477 e. The topological polar surface area (TPSA) is 99.5 Å². The van der Waals surface area contributed by atoms with E-state index in [0.717, 1.165) is 6.20 Å². The standard InChI is InChI=1S/C15H10Cl2N2O4/c16-9-4-8(5-10(17)6-9)13-12(2-1-3-18-13)19-7-11(14(20)21)15(22)23/h1-7,19H,(H,20,21)(H,22,23). The fraction of sp³-hybridized carbons (Fsp3) is 0. The molecule has 0 unspecified atom stereocenters. The lowest BCUT2D eigenvalue weighted by molar-refractivity contribution is -0.140. The van der Waals surface area contributed by atoms with Crippen LogP contribution in [-0.2, 0) is 9.59 Å². The summed E-state index contributed by atoms with van der Waals surface area (Å²) in [6.07, 6.45) is 2.42. The number of carboxylic acid groups (broad SMARTS) is 2. The molecule has 0 aliphatic rings. The highest BCUT2D eigenvalue weighted by molar-refractivity contribution is 6.35. The van der Waals surface area contributed by atoms with Gasteiger partial charge in [-0.3, -0.25) is 4.98 Å². The van der Waals surface area contributed by atoms with Gasteiger partial charge in [-0.15, -0.1) is 0 Å². The Morgan fingerprint density at radius 3 is 2.26 bits per heavy atom. The fourth-order valence-corrected chi connectivity index (χ4v) is 2.33. The van der Waals surface area contributed by atoms with Crippen molar-refractivity contribution in [1.82, 2.24) is 4.98 Å². The lowest BCUT2D eigenvalue weighted by Gasteiger charge is -2.09. The molecule has 2 aromatic rings. The van der Waals surface area contributed by atoms with Crippen LogP contribution in [0.3, 0.4) is 0 Å². The molecule has 0 atom stereocenters. The fourth-order valence-electron chi connectivity index (χ4n) is 1.81. The maximum absolute atomic E-state index is 10.9. The SMILES string of the molecule is O=C(O)C(=CNc1cccnc1-c1cc(Cl)cc(Cl)c1)C(=O)O. The number of rotatable bonds is 5. The van der Waals surface area contributed by atoms with Crippen LogP contribution in [0.25, 0.3) is 11.3 Å². The Balaban J connectivity index is 2.44. The van der Waals surface area contributed by atoms with E-state index in [9.17, 15) is 9.59 Å². The molecule has 0 fully saturated rings. The predicted octanol–water partition coefficient (Wildman–Crippen LogP) is 3.52. The number of halogens is 2. The molecule has 6 nitrogen and oxygen atoms in total. The first-order valence-corrected chi connectivity index (χ1v) is 6.99. The lowest BCUT2D eigenvalue weighted by Crippen LogP contribution is -2.13. The number of anilines is 1. The van der Waals surface area contributed by atoms with Gasteiger partial charge in [0, 0.05) is 28.0 Å². The van der Waals surface area contributed by atoms with E-state index in [2.05, 4.69) is 10.3 Å². The summed E-state index contributed by atoms with van der Waals surface area (Å²) in [6.45, 7) is 0. The van der Waals surface area contributed by atoms with E-state index in [0.29, 0.717) is 27.0 Å². The van der Waals surface area contributed by atoms with Gasteiger partial charge < -0.3 is 15.5 Å². The first-order chi connectivity index (χ1) is 10.9. The van der Waals surface area contributed by atoms with Crippen molar-refractivity contribution in [2.75, 3.05) is 5.32 Å². The largest absolute Gasteiger partial charge is 0.477 e. The number of hydrogen-bond acceptors (Lipinski definition) is 4. The van der Waals surface area contributed by atoms with E-state index in [1.807, 2.05) is 0 Å². The van der Waals surface area contributed by atoms with Crippen LogP contribution in [0.4, 0.5) is 5.69 Å². The number of nitrogens with one attached hydrogen (secondary N) is 1. The van der Waals surface area contributed by atoms with Gasteiger partial charge in [-0.05, 0) is 30.3 Å². The second kappa shape index (κ2) is 7.13. The van der Waals surface area contributed by atoms with Crippen molar-refractivity contribution in [1.29, 1.82) is 0 Å². The highest BCUT2D eigenvalue weighted by atomic mass is 35.5. The molecule has 0 saturated carbocycles. The number of benzene rings is 1. The molecule has 3 N–H and O–H groups in total. The summed E-state index contributed by atoms with van der Waals surface area (Å²) in [5.41, 5.74) is 0.657. The van der Waals surface area contributed by atoms with Crippen molar-refractivity contribution in [2.45, 2.75) is 0 Å². The van der Waals surface area contributed by atoms with Crippen LogP contribution in [0.15, 0.2) is 48.3 Å². The van der Waals surface area contributed by atoms with Gasteiger partial charge in [0.05, 0.1) is 11.4 Å². The summed E-state index contributed by atoms with van der Waals surface area (Å²) in [5.74, 6) is -3.11. The van der Waals surface area contributed by atoms with Crippen molar-refractivity contribution in [2.24, 2.45) is 0 Å². The minimum atomic E-state index is -1.55. The molecule has 0 amide bonds. The van der Waals surface area contributed by atoms with Gasteiger partial charge in [0.1, 0.15) is 0 Å². The average Bonchev–Trinajstić information content (AvgIpc) is 2.46. The maximum Gasteiger partial charge on any atom is 0.344 e. The van der Waals surface area contributed by atoms with Gasteiger partial charge in [-0.2, -0.15) is 0 Å². The number of aromatic nitrogens is 1. The number of pyridine rings is 1. The highest BCUT2D eigenvalue weighted by Crippen LogP contribution is 2.30. The van der Waals surface area contributed by atoms with Gasteiger partial charge in [0.2, 0.25) is 0 Å². The molecule has 0 spiro atoms. The smallest absolute Gasteiger partial charge is 0.344 e. The van der Waals surface area contributed by atoms with E-state index in [-0.39, 0.29) is 0 Å². The molecule has 0 aliphatic heterocycles. The Morgan fingerprint density at radius 1 is 1.09 bits per heavy atom. The second-order valence-electron chi connectivity index (χ2n) is 4.37.